The van der Waals surface area contributed by atoms with Crippen molar-refractivity contribution in [1.29, 1.82) is 0 Å². The second-order valence-corrected chi connectivity index (χ2v) is 15.0. The lowest BCUT2D eigenvalue weighted by molar-refractivity contribution is 1.18. The van der Waals surface area contributed by atoms with E-state index in [-0.39, 0.29) is 0 Å². The van der Waals surface area contributed by atoms with Gasteiger partial charge in [0.15, 0.2) is 0 Å². The monoisotopic (exact) mass is 742 g/mol. The van der Waals surface area contributed by atoms with Crippen LogP contribution in [0.15, 0.2) is 224 Å². The van der Waals surface area contributed by atoms with Crippen LogP contribution in [-0.2, 0) is 6.42 Å². The Morgan fingerprint density at radius 3 is 1.64 bits per heavy atom. The molecule has 0 radical (unpaired) electrons. The first kappa shape index (κ1) is 35.0. The number of fused-ring (bicyclic) bond motifs is 3. The molecule has 10 aromatic rings. The molecular weight excluding hydrogens is 701 g/mol. The lowest BCUT2D eigenvalue weighted by Crippen LogP contribution is -2.10. The van der Waals surface area contributed by atoms with Crippen LogP contribution >= 0.6 is 0 Å². The summed E-state index contributed by atoms with van der Waals surface area (Å²) >= 11 is 0. The van der Waals surface area contributed by atoms with Crippen molar-refractivity contribution in [3.8, 4) is 39.1 Å². The second kappa shape index (κ2) is 15.3. The van der Waals surface area contributed by atoms with E-state index in [2.05, 4.69) is 241 Å². The van der Waals surface area contributed by atoms with E-state index in [1.807, 2.05) is 0 Å². The Morgan fingerprint density at radius 1 is 0.379 bits per heavy atom. The molecule has 0 amide bonds. The molecule has 0 saturated heterocycles. The van der Waals surface area contributed by atoms with Gasteiger partial charge in [0.1, 0.15) is 0 Å². The third-order valence-corrected chi connectivity index (χ3v) is 11.4. The second-order valence-electron chi connectivity index (χ2n) is 15.0. The van der Waals surface area contributed by atoms with Gasteiger partial charge < -0.3 is 9.47 Å². The maximum Gasteiger partial charge on any atom is 0.0542 e. The Bertz CT molecular complexity index is 3000. The Hall–Kier alpha value is -7.42. The maximum atomic E-state index is 2.38. The van der Waals surface area contributed by atoms with Gasteiger partial charge in [-0.3, -0.25) is 0 Å². The summed E-state index contributed by atoms with van der Waals surface area (Å²) in [5.41, 5.74) is 18.1. The number of anilines is 3. The quantitative estimate of drug-likeness (QED) is 0.143. The third-order valence-electron chi connectivity index (χ3n) is 11.4. The number of benzene rings is 9. The first-order valence-corrected chi connectivity index (χ1v) is 20.1. The van der Waals surface area contributed by atoms with Crippen LogP contribution in [0, 0.1) is 6.92 Å². The molecule has 0 aliphatic heterocycles. The average molecular weight is 743 g/mol. The molecule has 0 aliphatic rings. The van der Waals surface area contributed by atoms with E-state index >= 15 is 0 Å². The molecule has 0 saturated carbocycles. The Balaban J connectivity index is 1.06. The SMILES string of the molecule is Cc1ccc(-c2ccc(N(c3ccc(-c4ccccc4)cc3)c3ccc4c(c3)c3ccccc3n4-c3ccccc3)cc2)cc1-c1ccccc1Cc1ccccc1. The van der Waals surface area contributed by atoms with Crippen molar-refractivity contribution in [3.63, 3.8) is 0 Å². The highest BCUT2D eigenvalue weighted by Crippen LogP contribution is 2.41. The van der Waals surface area contributed by atoms with Gasteiger partial charge in [-0.05, 0) is 130 Å². The van der Waals surface area contributed by atoms with Crippen LogP contribution in [-0.4, -0.2) is 4.57 Å². The summed E-state index contributed by atoms with van der Waals surface area (Å²) in [6, 6.07) is 81.4. The van der Waals surface area contributed by atoms with Crippen molar-refractivity contribution in [2.75, 3.05) is 4.90 Å². The van der Waals surface area contributed by atoms with Gasteiger partial charge in [0.2, 0.25) is 0 Å². The smallest absolute Gasteiger partial charge is 0.0542 e. The van der Waals surface area contributed by atoms with E-state index in [9.17, 15) is 0 Å². The predicted molar refractivity (Wildman–Crippen MR) is 246 cm³/mol. The van der Waals surface area contributed by atoms with Crippen LogP contribution in [0.2, 0.25) is 0 Å². The largest absolute Gasteiger partial charge is 0.310 e. The van der Waals surface area contributed by atoms with E-state index < -0.39 is 0 Å². The topological polar surface area (TPSA) is 8.17 Å². The number of nitrogens with zero attached hydrogens (tertiary/aromatic N) is 2. The molecule has 0 spiro atoms. The van der Waals surface area contributed by atoms with Gasteiger partial charge in [-0.1, -0.05) is 158 Å². The normalized spacial score (nSPS) is 11.3. The maximum absolute atomic E-state index is 2.38. The lowest BCUT2D eigenvalue weighted by Gasteiger charge is -2.26. The first-order valence-electron chi connectivity index (χ1n) is 20.1. The van der Waals surface area contributed by atoms with Crippen LogP contribution in [0.25, 0.3) is 60.9 Å². The molecule has 0 aliphatic carbocycles. The van der Waals surface area contributed by atoms with Crippen molar-refractivity contribution in [3.05, 3.63) is 241 Å². The van der Waals surface area contributed by atoms with Gasteiger partial charge >= 0.3 is 0 Å². The Kier molecular flexibility index (Phi) is 9.21. The summed E-state index contributed by atoms with van der Waals surface area (Å²) in [5, 5.41) is 2.46. The molecule has 2 nitrogen and oxygen atoms in total. The van der Waals surface area contributed by atoms with Crippen molar-refractivity contribution in [2.24, 2.45) is 0 Å². The highest BCUT2D eigenvalue weighted by Gasteiger charge is 2.18. The Labute approximate surface area is 340 Å². The fourth-order valence-electron chi connectivity index (χ4n) is 8.48. The predicted octanol–water partition coefficient (Wildman–Crippen LogP) is 15.2. The number of aromatic nitrogens is 1. The summed E-state index contributed by atoms with van der Waals surface area (Å²) in [6.07, 6.45) is 0.899. The molecule has 9 aromatic carbocycles. The van der Waals surface area contributed by atoms with Crippen molar-refractivity contribution >= 4 is 38.9 Å². The number of hydrogen-bond acceptors (Lipinski definition) is 1. The first-order chi connectivity index (χ1) is 28.7. The van der Waals surface area contributed by atoms with Gasteiger partial charge in [0.05, 0.1) is 11.0 Å². The molecule has 0 bridgehead atoms. The minimum absolute atomic E-state index is 0.899. The zero-order valence-corrected chi connectivity index (χ0v) is 32.5. The van der Waals surface area contributed by atoms with E-state index in [0.717, 1.165) is 29.2 Å². The van der Waals surface area contributed by atoms with Crippen LogP contribution in [0.4, 0.5) is 17.1 Å². The van der Waals surface area contributed by atoms with Gasteiger partial charge in [0.25, 0.3) is 0 Å². The minimum Gasteiger partial charge on any atom is -0.310 e. The van der Waals surface area contributed by atoms with Gasteiger partial charge in [0, 0.05) is 33.5 Å². The van der Waals surface area contributed by atoms with E-state index in [0.29, 0.717) is 0 Å². The average Bonchev–Trinajstić information content (AvgIpc) is 3.62. The summed E-state index contributed by atoms with van der Waals surface area (Å²) in [7, 11) is 0. The molecule has 1 aromatic heterocycles. The fourth-order valence-corrected chi connectivity index (χ4v) is 8.48. The third kappa shape index (κ3) is 6.65. The van der Waals surface area contributed by atoms with Crippen molar-refractivity contribution in [1.82, 2.24) is 4.57 Å². The summed E-state index contributed by atoms with van der Waals surface area (Å²) in [6.45, 7) is 2.22. The van der Waals surface area contributed by atoms with E-state index in [4.69, 9.17) is 0 Å². The molecule has 2 heteroatoms. The lowest BCUT2D eigenvalue weighted by atomic mass is 9.90. The van der Waals surface area contributed by atoms with Crippen LogP contribution < -0.4 is 4.90 Å². The number of para-hydroxylation sites is 2. The zero-order chi connectivity index (χ0) is 38.8. The standard InChI is InChI=1S/C56H42N2/c1-40-25-26-45(38-53(40)51-22-12-11-19-46(51)37-41-15-5-2-6-16-41)44-29-33-49(34-30-44)57(48-31-27-43(28-32-48)42-17-7-3-8-18-42)50-35-36-56-54(39-50)52-23-13-14-24-55(52)58(56)47-20-9-4-10-21-47/h2-36,38-39H,37H2,1H3. The summed E-state index contributed by atoms with van der Waals surface area (Å²) in [5.74, 6) is 0. The van der Waals surface area contributed by atoms with Gasteiger partial charge in [-0.25, -0.2) is 0 Å². The minimum atomic E-state index is 0.899. The highest BCUT2D eigenvalue weighted by atomic mass is 15.1. The molecule has 276 valence electrons. The van der Waals surface area contributed by atoms with Crippen molar-refractivity contribution < 1.29 is 0 Å². The molecule has 1 heterocycles. The zero-order valence-electron chi connectivity index (χ0n) is 32.5. The molecule has 0 N–H and O–H groups in total. The molecule has 10 rings (SSSR count). The van der Waals surface area contributed by atoms with E-state index in [1.54, 1.807) is 0 Å². The summed E-state index contributed by atoms with van der Waals surface area (Å²) < 4.78 is 2.37. The van der Waals surface area contributed by atoms with Gasteiger partial charge in [-0.15, -0.1) is 0 Å². The van der Waals surface area contributed by atoms with Gasteiger partial charge in [-0.2, -0.15) is 0 Å². The molecule has 58 heavy (non-hydrogen) atoms. The summed E-state index contributed by atoms with van der Waals surface area (Å²) in [4.78, 5) is 2.38. The molecule has 0 fully saturated rings. The number of hydrogen-bond donors (Lipinski definition) is 0. The van der Waals surface area contributed by atoms with Crippen LogP contribution in [0.1, 0.15) is 16.7 Å². The fraction of sp³-hybridized carbons (Fsp3) is 0.0357. The van der Waals surface area contributed by atoms with E-state index in [1.165, 1.54) is 71.9 Å². The van der Waals surface area contributed by atoms with Crippen molar-refractivity contribution in [2.45, 2.75) is 13.3 Å². The van der Waals surface area contributed by atoms with Crippen LogP contribution in [0.5, 0.6) is 0 Å². The highest BCUT2D eigenvalue weighted by molar-refractivity contribution is 6.10. The van der Waals surface area contributed by atoms with Crippen LogP contribution in [0.3, 0.4) is 0 Å². The molecule has 0 atom stereocenters. The molecule has 0 unspecified atom stereocenters. The Morgan fingerprint density at radius 2 is 0.914 bits per heavy atom. The number of rotatable bonds is 9. The molecular formula is C56H42N2. The number of aryl methyl sites for hydroxylation is 1.